The number of allylic oxidation sites excluding steroid dienone is 4. The molecule has 8 nitrogen and oxygen atoms in total. The summed E-state index contributed by atoms with van der Waals surface area (Å²) < 4.78 is 14.4. The normalized spacial score (nSPS) is 44.7. The van der Waals surface area contributed by atoms with Gasteiger partial charge in [-0.15, -0.1) is 0 Å². The number of benzene rings is 1. The van der Waals surface area contributed by atoms with Crippen molar-refractivity contribution in [1.82, 2.24) is 0 Å². The van der Waals surface area contributed by atoms with Gasteiger partial charge in [0, 0.05) is 17.4 Å². The molecule has 248 valence electrons. The molecule has 9 atom stereocenters. The largest absolute Gasteiger partial charge is 0.504 e. The minimum absolute atomic E-state index is 0.00163. The Morgan fingerprint density at radius 1 is 0.935 bits per heavy atom. The van der Waals surface area contributed by atoms with E-state index in [1.807, 2.05) is 40.7 Å². The Morgan fingerprint density at radius 2 is 1.61 bits per heavy atom. The number of rotatable bonds is 7. The van der Waals surface area contributed by atoms with Crippen LogP contribution in [-0.4, -0.2) is 55.3 Å². The lowest BCUT2D eigenvalue weighted by atomic mass is 9.32. The first kappa shape index (κ1) is 31.8. The van der Waals surface area contributed by atoms with Crippen LogP contribution in [0.5, 0.6) is 11.5 Å². The molecule has 46 heavy (non-hydrogen) atoms. The van der Waals surface area contributed by atoms with Crippen molar-refractivity contribution in [3.8, 4) is 11.5 Å². The van der Waals surface area contributed by atoms with Crippen LogP contribution in [0.15, 0.2) is 41.5 Å². The lowest BCUT2D eigenvalue weighted by Gasteiger charge is -2.71. The standard InChI is InChI=1S/C38H48O8/c1-21(2)9-11-24-16-35-17-25-18-37(31(5,6)44)45-33(25,8)20-36(28(41)23-10-12-26(39)27(40)15-23)30(43)34(29(35)42,14-13-22(3)4)19-32(24,7)38(35,36)46-37/h9-10,12-13,15,24-25,39-40,44H,11,14,16-20H2,1-8H3/t24-,25-,32+,33-,34-,35-,36-,37-,38-/m1/s1. The van der Waals surface area contributed by atoms with Crippen molar-refractivity contribution in [2.75, 3.05) is 0 Å². The summed E-state index contributed by atoms with van der Waals surface area (Å²) in [7, 11) is 0. The van der Waals surface area contributed by atoms with Crippen LogP contribution in [0.2, 0.25) is 0 Å². The zero-order valence-corrected chi connectivity index (χ0v) is 28.4. The first-order valence-corrected chi connectivity index (χ1v) is 16.8. The Morgan fingerprint density at radius 3 is 2.22 bits per heavy atom. The van der Waals surface area contributed by atoms with Crippen molar-refractivity contribution in [1.29, 1.82) is 0 Å². The molecule has 3 aliphatic heterocycles. The third-order valence-electron chi connectivity index (χ3n) is 13.5. The number of phenolic OH excluding ortho intramolecular Hbond substituents is 2. The number of ketones is 3. The SMILES string of the molecule is CC(C)=CC[C@@H]1C[C@]23C[C@@H]4C[C@]5(C(C)(C)O)O[C@@]26[C@@](C(=O)c2ccc(O)c(O)c2)(C[C@@]4(C)O5)C(=O)[C@](CC=C(C)C)(C[C@@]16C)C3=O. The molecular formula is C38H48O8. The van der Waals surface area contributed by atoms with Gasteiger partial charge in [-0.05, 0) is 117 Å². The van der Waals surface area contributed by atoms with Crippen LogP contribution in [0.4, 0.5) is 0 Å². The number of carbonyl (C=O) groups excluding carboxylic acids is 3. The fraction of sp³-hybridized carbons (Fsp3) is 0.658. The molecular weight excluding hydrogens is 584 g/mol. The molecule has 5 aliphatic carbocycles. The highest BCUT2D eigenvalue weighted by Gasteiger charge is 2.97. The number of aliphatic hydroxyl groups is 1. The van der Waals surface area contributed by atoms with Crippen LogP contribution in [0.1, 0.15) is 111 Å². The van der Waals surface area contributed by atoms with Crippen molar-refractivity contribution in [2.45, 2.75) is 123 Å². The van der Waals surface area contributed by atoms with E-state index in [0.29, 0.717) is 25.7 Å². The molecule has 5 saturated carbocycles. The molecule has 8 fully saturated rings. The summed E-state index contributed by atoms with van der Waals surface area (Å²) in [6, 6.07) is 3.91. The van der Waals surface area contributed by atoms with E-state index in [1.54, 1.807) is 13.8 Å². The maximum Gasteiger partial charge on any atom is 0.198 e. The second-order valence-electron chi connectivity index (χ2n) is 17.1. The zero-order chi connectivity index (χ0) is 33.7. The lowest BCUT2D eigenvalue weighted by Crippen LogP contribution is -2.85. The summed E-state index contributed by atoms with van der Waals surface area (Å²) >= 11 is 0. The van der Waals surface area contributed by atoms with E-state index in [0.717, 1.165) is 11.1 Å². The van der Waals surface area contributed by atoms with E-state index in [2.05, 4.69) is 13.0 Å². The van der Waals surface area contributed by atoms with Gasteiger partial charge in [-0.2, -0.15) is 0 Å². The quantitative estimate of drug-likeness (QED) is 0.137. The molecule has 3 heterocycles. The minimum atomic E-state index is -1.86. The van der Waals surface area contributed by atoms with Crippen molar-refractivity contribution in [3.05, 3.63) is 47.1 Å². The van der Waals surface area contributed by atoms with Gasteiger partial charge in [0.2, 0.25) is 0 Å². The fourth-order valence-electron chi connectivity index (χ4n) is 11.7. The lowest BCUT2D eigenvalue weighted by molar-refractivity contribution is -0.384. The number of hydrogen-bond acceptors (Lipinski definition) is 8. The van der Waals surface area contributed by atoms with Gasteiger partial charge in [0.25, 0.3) is 0 Å². The highest BCUT2D eigenvalue weighted by atomic mass is 16.7. The molecule has 1 spiro atoms. The molecule has 0 unspecified atom stereocenters. The third-order valence-corrected chi connectivity index (χ3v) is 13.5. The first-order chi connectivity index (χ1) is 21.2. The van der Waals surface area contributed by atoms with E-state index in [-0.39, 0.29) is 48.2 Å². The Kier molecular flexibility index (Phi) is 6.22. The maximum absolute atomic E-state index is 15.8. The highest BCUT2D eigenvalue weighted by Crippen LogP contribution is 2.87. The summed E-state index contributed by atoms with van der Waals surface area (Å²) in [6.07, 6.45) is 6.46. The third kappa shape index (κ3) is 3.29. The van der Waals surface area contributed by atoms with Gasteiger partial charge in [0.1, 0.15) is 16.6 Å². The fourth-order valence-corrected chi connectivity index (χ4v) is 11.7. The van der Waals surface area contributed by atoms with E-state index in [1.165, 1.54) is 18.2 Å². The summed E-state index contributed by atoms with van der Waals surface area (Å²) in [5, 5.41) is 32.6. The average molecular weight is 633 g/mol. The number of Topliss-reactive ketones (excluding diaryl/α,β-unsaturated/α-hetero) is 3. The van der Waals surface area contributed by atoms with Gasteiger partial charge < -0.3 is 24.8 Å². The van der Waals surface area contributed by atoms with Gasteiger partial charge in [0.15, 0.2) is 34.6 Å². The summed E-state index contributed by atoms with van der Waals surface area (Å²) in [5.74, 6) is -3.83. The molecule has 3 saturated heterocycles. The Balaban J connectivity index is 1.63. The average Bonchev–Trinajstić information content (AvgIpc) is 3.14. The number of carbonyl (C=O) groups is 3. The van der Waals surface area contributed by atoms with Crippen molar-refractivity contribution >= 4 is 17.3 Å². The number of hydrogen-bond donors (Lipinski definition) is 3. The Hall–Kier alpha value is -2.81. The van der Waals surface area contributed by atoms with Crippen molar-refractivity contribution in [3.63, 3.8) is 0 Å². The van der Waals surface area contributed by atoms with Gasteiger partial charge in [-0.3, -0.25) is 14.4 Å². The molecule has 1 aromatic rings. The van der Waals surface area contributed by atoms with Crippen LogP contribution in [0.3, 0.4) is 0 Å². The molecule has 3 N–H and O–H groups in total. The second-order valence-corrected chi connectivity index (χ2v) is 17.1. The van der Waals surface area contributed by atoms with Crippen LogP contribution < -0.4 is 0 Å². The van der Waals surface area contributed by atoms with E-state index in [9.17, 15) is 15.3 Å². The molecule has 0 radical (unpaired) electrons. The second kappa shape index (κ2) is 9.00. The van der Waals surface area contributed by atoms with Crippen LogP contribution >= 0.6 is 0 Å². The Bertz CT molecular complexity index is 1660. The van der Waals surface area contributed by atoms with E-state index in [4.69, 9.17) is 9.47 Å². The van der Waals surface area contributed by atoms with Crippen LogP contribution in [0.25, 0.3) is 0 Å². The number of phenols is 2. The summed E-state index contributed by atoms with van der Waals surface area (Å²) in [5.41, 5.74) is -7.34. The molecule has 0 aromatic heterocycles. The summed E-state index contributed by atoms with van der Waals surface area (Å²) in [4.78, 5) is 46.9. The van der Waals surface area contributed by atoms with Crippen LogP contribution in [-0.2, 0) is 19.1 Å². The van der Waals surface area contributed by atoms with E-state index < -0.39 is 61.6 Å². The molecule has 8 bridgehead atoms. The highest BCUT2D eigenvalue weighted by molar-refractivity contribution is 6.28. The molecule has 9 rings (SSSR count). The van der Waals surface area contributed by atoms with Gasteiger partial charge >= 0.3 is 0 Å². The summed E-state index contributed by atoms with van der Waals surface area (Å²) in [6.45, 7) is 15.3. The minimum Gasteiger partial charge on any atom is -0.504 e. The smallest absolute Gasteiger partial charge is 0.198 e. The molecule has 8 heteroatoms. The Labute approximate surface area is 271 Å². The van der Waals surface area contributed by atoms with Gasteiger partial charge in [-0.25, -0.2) is 0 Å². The molecule has 0 amide bonds. The molecule has 8 aliphatic rings. The monoisotopic (exact) mass is 632 g/mol. The maximum atomic E-state index is 15.8. The van der Waals surface area contributed by atoms with E-state index >= 15 is 14.4 Å². The van der Waals surface area contributed by atoms with Crippen molar-refractivity contribution < 1.29 is 39.2 Å². The topological polar surface area (TPSA) is 130 Å². The van der Waals surface area contributed by atoms with Gasteiger partial charge in [-0.1, -0.05) is 30.2 Å². The van der Waals surface area contributed by atoms with Gasteiger partial charge in [0.05, 0.1) is 16.4 Å². The molecule has 1 aromatic carbocycles. The predicted molar refractivity (Wildman–Crippen MR) is 170 cm³/mol. The predicted octanol–water partition coefficient (Wildman–Crippen LogP) is 6.36. The van der Waals surface area contributed by atoms with Crippen molar-refractivity contribution in [2.24, 2.45) is 33.5 Å². The first-order valence-electron chi connectivity index (χ1n) is 16.8. The van der Waals surface area contributed by atoms with Crippen LogP contribution in [0, 0.1) is 33.5 Å². The number of aromatic hydroxyl groups is 2. The number of ether oxygens (including phenoxy) is 2. The zero-order valence-electron chi connectivity index (χ0n) is 28.4.